The molecule has 9 heteroatoms. The van der Waals surface area contributed by atoms with Gasteiger partial charge in [-0.2, -0.15) is 0 Å². The van der Waals surface area contributed by atoms with E-state index in [1.54, 1.807) is 12.1 Å². The Kier molecular flexibility index (Phi) is 5.60. The molecule has 2 aromatic heterocycles. The van der Waals surface area contributed by atoms with Crippen molar-refractivity contribution in [1.82, 2.24) is 14.8 Å². The Balaban J connectivity index is 1.70. The van der Waals surface area contributed by atoms with Crippen LogP contribution in [-0.2, 0) is 16.1 Å². The van der Waals surface area contributed by atoms with Crippen molar-refractivity contribution in [1.29, 1.82) is 0 Å². The van der Waals surface area contributed by atoms with Crippen LogP contribution >= 0.6 is 11.8 Å². The predicted molar refractivity (Wildman–Crippen MR) is 102 cm³/mol. The standard InChI is InChI=1S/C18H19N5O3S/c1-11-5-6-13(8-12(11)2)20-16(25)10-27-18-22-21-17(14-4-3-7-26-14)23(18)9-15(19)24/h3-8H,9-10H2,1-2H3,(H2,19,24)(H,20,25). The van der Waals surface area contributed by atoms with Gasteiger partial charge in [0.1, 0.15) is 6.54 Å². The first kappa shape index (κ1) is 18.7. The second-order valence-electron chi connectivity index (χ2n) is 5.97. The van der Waals surface area contributed by atoms with E-state index in [2.05, 4.69) is 15.5 Å². The summed E-state index contributed by atoms with van der Waals surface area (Å²) in [6.07, 6.45) is 1.50. The number of aryl methyl sites for hydroxylation is 2. The van der Waals surface area contributed by atoms with Crippen LogP contribution in [0.3, 0.4) is 0 Å². The Morgan fingerprint density at radius 1 is 1.22 bits per heavy atom. The van der Waals surface area contributed by atoms with E-state index in [1.165, 1.54) is 22.6 Å². The Labute approximate surface area is 160 Å². The highest BCUT2D eigenvalue weighted by Crippen LogP contribution is 2.24. The van der Waals surface area contributed by atoms with Crippen LogP contribution in [0.25, 0.3) is 11.6 Å². The van der Waals surface area contributed by atoms with Crippen molar-refractivity contribution in [2.45, 2.75) is 25.5 Å². The first-order chi connectivity index (χ1) is 12.9. The maximum Gasteiger partial charge on any atom is 0.237 e. The Bertz CT molecular complexity index is 966. The van der Waals surface area contributed by atoms with Crippen LogP contribution in [0, 0.1) is 13.8 Å². The predicted octanol–water partition coefficient (Wildman–Crippen LogP) is 2.37. The molecule has 1 aromatic carbocycles. The molecule has 27 heavy (non-hydrogen) atoms. The molecule has 0 radical (unpaired) electrons. The van der Waals surface area contributed by atoms with Crippen LogP contribution in [0.15, 0.2) is 46.2 Å². The van der Waals surface area contributed by atoms with Crippen molar-refractivity contribution in [2.24, 2.45) is 5.73 Å². The number of thioether (sulfide) groups is 1. The van der Waals surface area contributed by atoms with E-state index in [4.69, 9.17) is 10.2 Å². The number of anilines is 1. The third-order valence-electron chi connectivity index (χ3n) is 3.90. The van der Waals surface area contributed by atoms with E-state index < -0.39 is 5.91 Å². The molecule has 3 rings (SSSR count). The zero-order valence-electron chi connectivity index (χ0n) is 14.9. The van der Waals surface area contributed by atoms with Gasteiger partial charge in [-0.15, -0.1) is 10.2 Å². The Morgan fingerprint density at radius 3 is 2.70 bits per heavy atom. The lowest BCUT2D eigenvalue weighted by Gasteiger charge is -2.08. The second kappa shape index (κ2) is 8.09. The van der Waals surface area contributed by atoms with Crippen LogP contribution in [0.2, 0.25) is 0 Å². The molecule has 0 atom stereocenters. The molecule has 2 amide bonds. The largest absolute Gasteiger partial charge is 0.461 e. The van der Waals surface area contributed by atoms with Gasteiger partial charge in [-0.3, -0.25) is 14.2 Å². The van der Waals surface area contributed by atoms with Crippen molar-refractivity contribution in [3.05, 3.63) is 47.7 Å². The molecule has 8 nitrogen and oxygen atoms in total. The maximum atomic E-state index is 12.3. The molecule has 0 aliphatic carbocycles. The quantitative estimate of drug-likeness (QED) is 0.603. The summed E-state index contributed by atoms with van der Waals surface area (Å²) in [6.45, 7) is 3.89. The van der Waals surface area contributed by atoms with Crippen molar-refractivity contribution in [3.8, 4) is 11.6 Å². The average molecular weight is 385 g/mol. The smallest absolute Gasteiger partial charge is 0.237 e. The second-order valence-corrected chi connectivity index (χ2v) is 6.91. The summed E-state index contributed by atoms with van der Waals surface area (Å²) >= 11 is 1.17. The number of amides is 2. The molecular weight excluding hydrogens is 366 g/mol. The molecule has 0 aliphatic rings. The number of carbonyl (C=O) groups is 2. The molecule has 0 unspecified atom stereocenters. The van der Waals surface area contributed by atoms with E-state index >= 15 is 0 Å². The first-order valence-electron chi connectivity index (χ1n) is 8.19. The van der Waals surface area contributed by atoms with E-state index in [9.17, 15) is 9.59 Å². The number of primary amides is 1. The zero-order valence-corrected chi connectivity index (χ0v) is 15.7. The lowest BCUT2D eigenvalue weighted by Crippen LogP contribution is -2.20. The molecule has 0 spiro atoms. The topological polar surface area (TPSA) is 116 Å². The summed E-state index contributed by atoms with van der Waals surface area (Å²) < 4.78 is 6.85. The molecular formula is C18H19N5O3S. The SMILES string of the molecule is Cc1ccc(NC(=O)CSc2nnc(-c3ccco3)n2CC(N)=O)cc1C. The fourth-order valence-corrected chi connectivity index (χ4v) is 3.17. The number of nitrogens with two attached hydrogens (primary N) is 1. The van der Waals surface area contributed by atoms with Gasteiger partial charge >= 0.3 is 0 Å². The van der Waals surface area contributed by atoms with Gasteiger partial charge in [-0.05, 0) is 49.2 Å². The third-order valence-corrected chi connectivity index (χ3v) is 4.86. The number of hydrogen-bond acceptors (Lipinski definition) is 6. The molecule has 0 saturated heterocycles. The third kappa shape index (κ3) is 4.56. The Morgan fingerprint density at radius 2 is 2.04 bits per heavy atom. The molecule has 0 fully saturated rings. The lowest BCUT2D eigenvalue weighted by atomic mass is 10.1. The van der Waals surface area contributed by atoms with Gasteiger partial charge in [0.2, 0.25) is 17.6 Å². The number of hydrogen-bond donors (Lipinski definition) is 2. The molecule has 2 heterocycles. The van der Waals surface area contributed by atoms with E-state index in [1.807, 2.05) is 32.0 Å². The van der Waals surface area contributed by atoms with E-state index in [-0.39, 0.29) is 18.2 Å². The molecule has 140 valence electrons. The van der Waals surface area contributed by atoms with Gasteiger partial charge in [0, 0.05) is 5.69 Å². The highest BCUT2D eigenvalue weighted by atomic mass is 32.2. The summed E-state index contributed by atoms with van der Waals surface area (Å²) in [6, 6.07) is 9.15. The number of benzene rings is 1. The number of aromatic nitrogens is 3. The van der Waals surface area contributed by atoms with Gasteiger partial charge in [0.25, 0.3) is 0 Å². The molecule has 3 aromatic rings. The minimum absolute atomic E-state index is 0.107. The monoisotopic (exact) mass is 385 g/mol. The van der Waals surface area contributed by atoms with Gasteiger partial charge < -0.3 is 15.5 Å². The minimum Gasteiger partial charge on any atom is -0.461 e. The van der Waals surface area contributed by atoms with Crippen molar-refractivity contribution >= 4 is 29.3 Å². The maximum absolute atomic E-state index is 12.3. The molecule has 0 saturated carbocycles. The van der Waals surface area contributed by atoms with Crippen LogP contribution in [0.1, 0.15) is 11.1 Å². The summed E-state index contributed by atoms with van der Waals surface area (Å²) in [5.74, 6) is 0.244. The summed E-state index contributed by atoms with van der Waals surface area (Å²) in [4.78, 5) is 23.7. The van der Waals surface area contributed by atoms with Crippen LogP contribution < -0.4 is 11.1 Å². The van der Waals surface area contributed by atoms with E-state index in [0.717, 1.165) is 16.8 Å². The molecule has 0 bridgehead atoms. The number of rotatable bonds is 7. The van der Waals surface area contributed by atoms with Gasteiger partial charge in [-0.25, -0.2) is 0 Å². The fraction of sp³-hybridized carbons (Fsp3) is 0.222. The van der Waals surface area contributed by atoms with Crippen LogP contribution in [-0.4, -0.2) is 32.3 Å². The fourth-order valence-electron chi connectivity index (χ4n) is 2.43. The average Bonchev–Trinajstić information content (AvgIpc) is 3.26. The lowest BCUT2D eigenvalue weighted by molar-refractivity contribution is -0.118. The number of carbonyl (C=O) groups excluding carboxylic acids is 2. The van der Waals surface area contributed by atoms with E-state index in [0.29, 0.717) is 16.7 Å². The highest BCUT2D eigenvalue weighted by Gasteiger charge is 2.18. The highest BCUT2D eigenvalue weighted by molar-refractivity contribution is 7.99. The normalized spacial score (nSPS) is 10.7. The van der Waals surface area contributed by atoms with Crippen molar-refractivity contribution in [2.75, 3.05) is 11.1 Å². The first-order valence-corrected chi connectivity index (χ1v) is 9.18. The number of furan rings is 1. The van der Waals surface area contributed by atoms with Crippen molar-refractivity contribution < 1.29 is 14.0 Å². The van der Waals surface area contributed by atoms with Crippen LogP contribution in [0.4, 0.5) is 5.69 Å². The summed E-state index contributed by atoms with van der Waals surface area (Å²) in [7, 11) is 0. The Hall–Kier alpha value is -3.07. The molecule has 3 N–H and O–H groups in total. The van der Waals surface area contributed by atoms with Gasteiger partial charge in [0.15, 0.2) is 10.9 Å². The number of nitrogens with zero attached hydrogens (tertiary/aromatic N) is 3. The van der Waals surface area contributed by atoms with Crippen LogP contribution in [0.5, 0.6) is 0 Å². The van der Waals surface area contributed by atoms with Crippen molar-refractivity contribution in [3.63, 3.8) is 0 Å². The van der Waals surface area contributed by atoms with Gasteiger partial charge in [-0.1, -0.05) is 17.8 Å². The zero-order chi connectivity index (χ0) is 19.4. The minimum atomic E-state index is -0.538. The summed E-state index contributed by atoms with van der Waals surface area (Å²) in [5, 5.41) is 11.4. The summed E-state index contributed by atoms with van der Waals surface area (Å²) in [5.41, 5.74) is 8.32. The van der Waals surface area contributed by atoms with Gasteiger partial charge in [0.05, 0.1) is 12.0 Å². The molecule has 0 aliphatic heterocycles. The number of nitrogens with one attached hydrogen (secondary N) is 1.